The number of alkyl halides is 1. The third-order valence-corrected chi connectivity index (χ3v) is 4.33. The highest BCUT2D eigenvalue weighted by Gasteiger charge is 2.45. The van der Waals surface area contributed by atoms with Gasteiger partial charge in [0.15, 0.2) is 0 Å². The normalized spacial score (nSPS) is 18.5. The lowest BCUT2D eigenvalue weighted by Gasteiger charge is -2.17. The molecule has 0 aromatic heterocycles. The molecule has 0 aromatic carbocycles. The zero-order chi connectivity index (χ0) is 14.0. The Morgan fingerprint density at radius 2 is 1.47 bits per heavy atom. The second kappa shape index (κ2) is 9.98. The van der Waals surface area contributed by atoms with Crippen LogP contribution in [0.2, 0.25) is 0 Å². The molecule has 1 aliphatic rings. The average Bonchev–Trinajstić information content (AvgIpc) is 3.17. The Morgan fingerprint density at radius 3 is 1.95 bits per heavy atom. The Balaban J connectivity index is 1.77. The molecule has 0 saturated heterocycles. The maximum atomic E-state index is 6.17. The summed E-state index contributed by atoms with van der Waals surface area (Å²) in [5.41, 5.74) is 0.371. The summed E-state index contributed by atoms with van der Waals surface area (Å²) in [5, 5.41) is 0.271. The molecule has 1 fully saturated rings. The zero-order valence-corrected chi connectivity index (χ0v) is 13.2. The highest BCUT2D eigenvalue weighted by Crippen LogP contribution is 2.53. The highest BCUT2D eigenvalue weighted by atomic mass is 35.5. The van der Waals surface area contributed by atoms with E-state index < -0.39 is 0 Å². The molecule has 0 heterocycles. The van der Waals surface area contributed by atoms with Gasteiger partial charge in [-0.15, -0.1) is 11.6 Å². The third-order valence-electron chi connectivity index (χ3n) is 3.87. The molecule has 114 valence electrons. The van der Waals surface area contributed by atoms with E-state index in [1.54, 1.807) is 0 Å². The highest BCUT2D eigenvalue weighted by molar-refractivity contribution is 6.21. The Kier molecular flexibility index (Phi) is 9.04. The molecule has 0 spiro atoms. The van der Waals surface area contributed by atoms with Crippen molar-refractivity contribution in [3.05, 3.63) is 0 Å². The largest absolute Gasteiger partial charge is 0.379 e. The molecule has 1 rings (SSSR count). The number of hydrogen-bond donors (Lipinski definition) is 0. The lowest BCUT2D eigenvalue weighted by atomic mass is 9.99. The van der Waals surface area contributed by atoms with Crippen LogP contribution in [0.3, 0.4) is 0 Å². The van der Waals surface area contributed by atoms with Crippen molar-refractivity contribution < 1.29 is 14.2 Å². The van der Waals surface area contributed by atoms with E-state index in [1.165, 1.54) is 19.3 Å². The summed E-state index contributed by atoms with van der Waals surface area (Å²) in [6, 6.07) is 0. The van der Waals surface area contributed by atoms with Crippen molar-refractivity contribution in [1.82, 2.24) is 0 Å². The maximum absolute atomic E-state index is 6.17. The smallest absolute Gasteiger partial charge is 0.0701 e. The minimum absolute atomic E-state index is 0.271. The predicted octanol–water partition coefficient (Wildman–Crippen LogP) is 3.63. The zero-order valence-electron chi connectivity index (χ0n) is 12.5. The number of ether oxygens (including phenoxy) is 3. The van der Waals surface area contributed by atoms with Gasteiger partial charge < -0.3 is 14.2 Å². The molecule has 1 atom stereocenters. The molecule has 1 unspecified atom stereocenters. The fraction of sp³-hybridized carbons (Fsp3) is 1.00. The van der Waals surface area contributed by atoms with Crippen LogP contribution >= 0.6 is 11.6 Å². The first kappa shape index (κ1) is 17.2. The summed E-state index contributed by atoms with van der Waals surface area (Å²) in [4.78, 5) is 0. The quantitative estimate of drug-likeness (QED) is 0.383. The second-order valence-corrected chi connectivity index (χ2v) is 6.07. The van der Waals surface area contributed by atoms with Gasteiger partial charge in [-0.3, -0.25) is 0 Å². The van der Waals surface area contributed by atoms with Crippen LogP contribution in [0.4, 0.5) is 0 Å². The monoisotopic (exact) mass is 292 g/mol. The van der Waals surface area contributed by atoms with Crippen LogP contribution in [0, 0.1) is 5.41 Å². The Morgan fingerprint density at radius 1 is 0.947 bits per heavy atom. The van der Waals surface area contributed by atoms with Gasteiger partial charge in [0.1, 0.15) is 0 Å². The number of halogens is 1. The molecule has 0 amide bonds. The molecular weight excluding hydrogens is 264 g/mol. The lowest BCUT2D eigenvalue weighted by molar-refractivity contribution is 0.0112. The van der Waals surface area contributed by atoms with E-state index in [4.69, 9.17) is 25.8 Å². The van der Waals surface area contributed by atoms with E-state index in [9.17, 15) is 0 Å². The van der Waals surface area contributed by atoms with Crippen LogP contribution in [0.25, 0.3) is 0 Å². The second-order valence-electron chi connectivity index (χ2n) is 5.42. The van der Waals surface area contributed by atoms with Crippen LogP contribution in [-0.4, -0.2) is 45.0 Å². The van der Waals surface area contributed by atoms with Crippen molar-refractivity contribution in [1.29, 1.82) is 0 Å². The average molecular weight is 293 g/mol. The van der Waals surface area contributed by atoms with Gasteiger partial charge in [0.25, 0.3) is 0 Å². The molecule has 3 nitrogen and oxygen atoms in total. The maximum Gasteiger partial charge on any atom is 0.0701 e. The van der Waals surface area contributed by atoms with Crippen LogP contribution < -0.4 is 0 Å². The predicted molar refractivity (Wildman–Crippen MR) is 79.0 cm³/mol. The van der Waals surface area contributed by atoms with Gasteiger partial charge in [0, 0.05) is 18.6 Å². The Hall–Kier alpha value is 0.170. The topological polar surface area (TPSA) is 27.7 Å². The summed E-state index contributed by atoms with van der Waals surface area (Å²) in [6.07, 6.45) is 5.90. The van der Waals surface area contributed by atoms with Gasteiger partial charge >= 0.3 is 0 Å². The molecule has 19 heavy (non-hydrogen) atoms. The van der Waals surface area contributed by atoms with Gasteiger partial charge in [-0.25, -0.2) is 0 Å². The van der Waals surface area contributed by atoms with E-state index in [-0.39, 0.29) is 5.38 Å². The van der Waals surface area contributed by atoms with Gasteiger partial charge in [0.05, 0.1) is 26.4 Å². The molecule has 0 radical (unpaired) electrons. The molecule has 1 aliphatic carbocycles. The fourth-order valence-corrected chi connectivity index (χ4v) is 2.40. The van der Waals surface area contributed by atoms with Crippen molar-refractivity contribution >= 4 is 11.6 Å². The first-order valence-corrected chi connectivity index (χ1v) is 8.02. The van der Waals surface area contributed by atoms with E-state index in [1.807, 2.05) is 0 Å². The van der Waals surface area contributed by atoms with Gasteiger partial charge in [-0.2, -0.15) is 0 Å². The summed E-state index contributed by atoms with van der Waals surface area (Å²) in [6.45, 7) is 8.57. The molecule has 1 saturated carbocycles. The summed E-state index contributed by atoms with van der Waals surface area (Å²) < 4.78 is 16.4. The Bertz CT molecular complexity index is 217. The van der Waals surface area contributed by atoms with Crippen LogP contribution in [-0.2, 0) is 14.2 Å². The minimum Gasteiger partial charge on any atom is -0.379 e. The van der Waals surface area contributed by atoms with Gasteiger partial charge in [0.2, 0.25) is 0 Å². The molecule has 0 aromatic rings. The van der Waals surface area contributed by atoms with Crippen molar-refractivity contribution in [2.24, 2.45) is 5.41 Å². The summed E-state index contributed by atoms with van der Waals surface area (Å²) in [5.74, 6) is 0. The fourth-order valence-electron chi connectivity index (χ4n) is 2.07. The summed E-state index contributed by atoms with van der Waals surface area (Å²) >= 11 is 6.17. The van der Waals surface area contributed by atoms with E-state index in [0.717, 1.165) is 26.1 Å². The van der Waals surface area contributed by atoms with Gasteiger partial charge in [-0.1, -0.05) is 13.3 Å². The van der Waals surface area contributed by atoms with E-state index >= 15 is 0 Å². The van der Waals surface area contributed by atoms with Crippen LogP contribution in [0.1, 0.15) is 46.0 Å². The molecule has 0 aliphatic heterocycles. The van der Waals surface area contributed by atoms with E-state index in [2.05, 4.69) is 13.8 Å². The first-order chi connectivity index (χ1) is 9.21. The molecule has 0 N–H and O–H groups in total. The van der Waals surface area contributed by atoms with Crippen LogP contribution in [0.5, 0.6) is 0 Å². The minimum atomic E-state index is 0.271. The van der Waals surface area contributed by atoms with Crippen LogP contribution in [0.15, 0.2) is 0 Å². The van der Waals surface area contributed by atoms with Gasteiger partial charge in [-0.05, 0) is 38.0 Å². The molecule has 0 bridgehead atoms. The summed E-state index contributed by atoms with van der Waals surface area (Å²) in [7, 11) is 0. The Labute approximate surface area is 122 Å². The number of rotatable bonds is 13. The number of unbranched alkanes of at least 4 members (excludes halogenated alkanes) is 1. The first-order valence-electron chi connectivity index (χ1n) is 7.58. The number of hydrogen-bond acceptors (Lipinski definition) is 3. The SMILES string of the molecule is CCCCOCCOCCOCCC1(C(C)Cl)CC1. The van der Waals surface area contributed by atoms with E-state index in [0.29, 0.717) is 31.8 Å². The van der Waals surface area contributed by atoms with Crippen molar-refractivity contribution in [2.75, 3.05) is 39.6 Å². The van der Waals surface area contributed by atoms with Crippen molar-refractivity contribution in [2.45, 2.75) is 51.3 Å². The van der Waals surface area contributed by atoms with Crippen molar-refractivity contribution in [3.63, 3.8) is 0 Å². The third kappa shape index (κ3) is 7.50. The van der Waals surface area contributed by atoms with Crippen molar-refractivity contribution in [3.8, 4) is 0 Å². The lowest BCUT2D eigenvalue weighted by Crippen LogP contribution is -2.16. The molecule has 4 heteroatoms. The standard InChI is InChI=1S/C15H29ClO3/c1-3-4-8-17-10-12-19-13-11-18-9-7-15(5-6-15)14(2)16/h14H,3-13H2,1-2H3. The molecular formula is C15H29ClO3.